The summed E-state index contributed by atoms with van der Waals surface area (Å²) in [5, 5.41) is 5.72. The maximum atomic E-state index is 13.4. The van der Waals surface area contributed by atoms with Gasteiger partial charge in [-0.05, 0) is 43.0 Å². The highest BCUT2D eigenvalue weighted by atomic mass is 16.2. The van der Waals surface area contributed by atoms with Gasteiger partial charge < -0.3 is 20.4 Å². The lowest BCUT2D eigenvalue weighted by atomic mass is 10.1. The molecule has 0 radical (unpaired) electrons. The molecule has 7 nitrogen and oxygen atoms in total. The van der Waals surface area contributed by atoms with Gasteiger partial charge in [0.05, 0.1) is 6.42 Å². The fraction of sp³-hybridized carbons (Fsp3) is 0.370. The van der Waals surface area contributed by atoms with Crippen LogP contribution in [-0.4, -0.2) is 61.4 Å². The molecule has 3 rings (SSSR count). The van der Waals surface area contributed by atoms with Gasteiger partial charge in [0.25, 0.3) is 0 Å². The first kappa shape index (κ1) is 25.0. The van der Waals surface area contributed by atoms with Gasteiger partial charge in [0.15, 0.2) is 0 Å². The van der Waals surface area contributed by atoms with Crippen LogP contribution in [0.2, 0.25) is 0 Å². The van der Waals surface area contributed by atoms with Crippen molar-refractivity contribution in [2.75, 3.05) is 37.6 Å². The van der Waals surface area contributed by atoms with Crippen LogP contribution in [-0.2, 0) is 20.8 Å². The van der Waals surface area contributed by atoms with E-state index in [1.165, 1.54) is 6.08 Å². The molecule has 180 valence electrons. The van der Waals surface area contributed by atoms with Gasteiger partial charge in [-0.15, -0.1) is 0 Å². The summed E-state index contributed by atoms with van der Waals surface area (Å²) in [6.45, 7) is 6.71. The number of carbonyl (C=O) groups is 3. The Kier molecular flexibility index (Phi) is 9.70. The molecule has 1 fully saturated rings. The lowest BCUT2D eigenvalue weighted by Gasteiger charge is -2.37. The van der Waals surface area contributed by atoms with Gasteiger partial charge >= 0.3 is 0 Å². The van der Waals surface area contributed by atoms with Crippen LogP contribution in [0.15, 0.2) is 73.3 Å². The fourth-order valence-corrected chi connectivity index (χ4v) is 4.09. The second kappa shape index (κ2) is 13.2. The average Bonchev–Trinajstić information content (AvgIpc) is 2.88. The Labute approximate surface area is 201 Å². The molecule has 0 spiro atoms. The van der Waals surface area contributed by atoms with Crippen molar-refractivity contribution in [2.24, 2.45) is 0 Å². The Hall–Kier alpha value is -3.61. The molecule has 1 aliphatic rings. The fourth-order valence-electron chi connectivity index (χ4n) is 4.09. The van der Waals surface area contributed by atoms with Gasteiger partial charge in [0, 0.05) is 38.4 Å². The third kappa shape index (κ3) is 7.76. The van der Waals surface area contributed by atoms with Crippen molar-refractivity contribution >= 4 is 23.4 Å². The largest absolute Gasteiger partial charge is 0.368 e. The van der Waals surface area contributed by atoms with Gasteiger partial charge in [-0.25, -0.2) is 0 Å². The van der Waals surface area contributed by atoms with Crippen molar-refractivity contribution in [3.8, 4) is 0 Å². The molecule has 0 bridgehead atoms. The predicted octanol–water partition coefficient (Wildman–Crippen LogP) is 2.54. The second-order valence-electron chi connectivity index (χ2n) is 8.42. The van der Waals surface area contributed by atoms with E-state index < -0.39 is 6.04 Å². The molecule has 34 heavy (non-hydrogen) atoms. The zero-order chi connectivity index (χ0) is 24.2. The normalized spacial score (nSPS) is 14.2. The minimum absolute atomic E-state index is 0.0377. The Bertz CT molecular complexity index is 941. The number of anilines is 1. The molecule has 1 aliphatic heterocycles. The number of carbonyl (C=O) groups excluding carboxylic acids is 3. The Morgan fingerprint density at radius 3 is 2.21 bits per heavy atom. The number of amides is 3. The molecule has 1 atom stereocenters. The zero-order valence-electron chi connectivity index (χ0n) is 19.6. The second-order valence-corrected chi connectivity index (χ2v) is 8.42. The van der Waals surface area contributed by atoms with Crippen LogP contribution in [0.1, 0.15) is 24.8 Å². The van der Waals surface area contributed by atoms with Crippen LogP contribution in [0.4, 0.5) is 5.69 Å². The van der Waals surface area contributed by atoms with Crippen molar-refractivity contribution in [1.82, 2.24) is 15.5 Å². The summed E-state index contributed by atoms with van der Waals surface area (Å²) in [6.07, 6.45) is 3.44. The van der Waals surface area contributed by atoms with Crippen molar-refractivity contribution < 1.29 is 14.4 Å². The third-order valence-electron chi connectivity index (χ3n) is 5.96. The molecule has 1 saturated heterocycles. The van der Waals surface area contributed by atoms with Crippen LogP contribution in [0, 0.1) is 0 Å². The summed E-state index contributed by atoms with van der Waals surface area (Å²) in [7, 11) is 0. The molecule has 7 heteroatoms. The molecule has 1 unspecified atom stereocenters. The molecule has 2 aromatic rings. The van der Waals surface area contributed by atoms with Gasteiger partial charge in [-0.3, -0.25) is 14.4 Å². The number of unbranched alkanes of at least 4 members (excludes halogenated alkanes) is 1. The van der Waals surface area contributed by atoms with E-state index in [4.69, 9.17) is 0 Å². The van der Waals surface area contributed by atoms with Crippen molar-refractivity contribution in [3.63, 3.8) is 0 Å². The van der Waals surface area contributed by atoms with Crippen molar-refractivity contribution in [3.05, 3.63) is 78.9 Å². The smallest absolute Gasteiger partial charge is 0.245 e. The highest BCUT2D eigenvalue weighted by Crippen LogP contribution is 2.17. The number of nitrogens with zero attached hydrogens (tertiary/aromatic N) is 2. The van der Waals surface area contributed by atoms with Gasteiger partial charge in [0.1, 0.15) is 6.04 Å². The quantitative estimate of drug-likeness (QED) is 0.397. The highest BCUT2D eigenvalue weighted by molar-refractivity contribution is 5.88. The lowest BCUT2D eigenvalue weighted by molar-refractivity contribution is -0.136. The minimum atomic E-state index is -0.574. The maximum Gasteiger partial charge on any atom is 0.245 e. The summed E-state index contributed by atoms with van der Waals surface area (Å²) < 4.78 is 0. The van der Waals surface area contributed by atoms with E-state index in [-0.39, 0.29) is 24.1 Å². The molecule has 1 heterocycles. The standard InChI is InChI=1S/C27H34N4O3/c1-2-25(32)28-16-10-9-15-24(29-26(33)21-22-11-5-3-6-12-22)27(34)31-19-17-30(18-20-31)23-13-7-4-8-14-23/h2-8,11-14,24H,1,9-10,15-21H2,(H,28,32)(H,29,33). The number of piperazine rings is 1. The van der Waals surface area contributed by atoms with Crippen molar-refractivity contribution in [2.45, 2.75) is 31.7 Å². The first-order valence-corrected chi connectivity index (χ1v) is 11.9. The molecule has 2 aromatic carbocycles. The molecular formula is C27H34N4O3. The molecule has 0 saturated carbocycles. The van der Waals surface area contributed by atoms with E-state index in [1.54, 1.807) is 0 Å². The Morgan fingerprint density at radius 2 is 1.56 bits per heavy atom. The van der Waals surface area contributed by atoms with E-state index in [0.29, 0.717) is 32.5 Å². The topological polar surface area (TPSA) is 81.8 Å². The molecule has 2 N–H and O–H groups in total. The number of rotatable bonds is 11. The van der Waals surface area contributed by atoms with Gasteiger partial charge in [-0.1, -0.05) is 55.1 Å². The van der Waals surface area contributed by atoms with Crippen molar-refractivity contribution in [1.29, 1.82) is 0 Å². The van der Waals surface area contributed by atoms with E-state index in [1.807, 2.05) is 53.4 Å². The minimum Gasteiger partial charge on any atom is -0.368 e. The summed E-state index contributed by atoms with van der Waals surface area (Å²) in [5.74, 6) is -0.406. The van der Waals surface area contributed by atoms with Crippen LogP contribution in [0.3, 0.4) is 0 Å². The van der Waals surface area contributed by atoms with E-state index in [0.717, 1.165) is 30.8 Å². The Balaban J connectivity index is 1.56. The van der Waals surface area contributed by atoms with E-state index in [9.17, 15) is 14.4 Å². The summed E-state index contributed by atoms with van der Waals surface area (Å²) >= 11 is 0. The number of hydrogen-bond acceptors (Lipinski definition) is 4. The zero-order valence-corrected chi connectivity index (χ0v) is 19.6. The van der Waals surface area contributed by atoms with E-state index in [2.05, 4.69) is 34.2 Å². The number of benzene rings is 2. The number of para-hydroxylation sites is 1. The Morgan fingerprint density at radius 1 is 0.912 bits per heavy atom. The summed E-state index contributed by atoms with van der Waals surface area (Å²) in [6, 6.07) is 19.1. The SMILES string of the molecule is C=CC(=O)NCCCCC(NC(=O)Cc1ccccc1)C(=O)N1CCN(c2ccccc2)CC1. The molecule has 0 aromatic heterocycles. The first-order chi connectivity index (χ1) is 16.6. The number of hydrogen-bond donors (Lipinski definition) is 2. The van der Waals surface area contributed by atoms with Crippen LogP contribution < -0.4 is 15.5 Å². The third-order valence-corrected chi connectivity index (χ3v) is 5.96. The molecule has 0 aliphatic carbocycles. The van der Waals surface area contributed by atoms with Crippen LogP contribution in [0.5, 0.6) is 0 Å². The van der Waals surface area contributed by atoms with Gasteiger partial charge in [0.2, 0.25) is 17.7 Å². The summed E-state index contributed by atoms with van der Waals surface area (Å²) in [5.41, 5.74) is 2.07. The summed E-state index contributed by atoms with van der Waals surface area (Å²) in [4.78, 5) is 41.5. The maximum absolute atomic E-state index is 13.4. The average molecular weight is 463 g/mol. The first-order valence-electron chi connectivity index (χ1n) is 11.9. The highest BCUT2D eigenvalue weighted by Gasteiger charge is 2.28. The number of nitrogens with one attached hydrogen (secondary N) is 2. The molecule has 3 amide bonds. The monoisotopic (exact) mass is 462 g/mol. The molecular weight excluding hydrogens is 428 g/mol. The van der Waals surface area contributed by atoms with Gasteiger partial charge in [-0.2, -0.15) is 0 Å². The van der Waals surface area contributed by atoms with Crippen LogP contribution >= 0.6 is 0 Å². The predicted molar refractivity (Wildman–Crippen MR) is 134 cm³/mol. The van der Waals surface area contributed by atoms with E-state index >= 15 is 0 Å². The lowest BCUT2D eigenvalue weighted by Crippen LogP contribution is -2.55. The van der Waals surface area contributed by atoms with Crippen LogP contribution in [0.25, 0.3) is 0 Å².